The minimum Gasteiger partial charge on any atom is -0.391 e. The Hall–Kier alpha value is -1.42. The number of carbonyl (C=O) groups excluding carboxylic acids is 1. The van der Waals surface area contributed by atoms with E-state index in [1.54, 1.807) is 17.0 Å². The molecule has 1 saturated heterocycles. The molecule has 1 aromatic rings. The summed E-state index contributed by atoms with van der Waals surface area (Å²) in [6.45, 7) is 3.13. The second-order valence-electron chi connectivity index (χ2n) is 5.29. The van der Waals surface area contributed by atoms with Crippen LogP contribution >= 0.6 is 0 Å². The van der Waals surface area contributed by atoms with E-state index in [1.807, 2.05) is 6.92 Å². The molecule has 2 unspecified atom stereocenters. The minimum absolute atomic E-state index is 0.0622. The number of rotatable bonds is 3. The van der Waals surface area contributed by atoms with E-state index in [4.69, 9.17) is 0 Å². The van der Waals surface area contributed by atoms with E-state index >= 15 is 0 Å². The lowest BCUT2D eigenvalue weighted by molar-refractivity contribution is -0.134. The van der Waals surface area contributed by atoms with Crippen LogP contribution in [0, 0.1) is 5.82 Å². The van der Waals surface area contributed by atoms with Crippen LogP contribution in [0.5, 0.6) is 0 Å². The molecular weight excluding hydrogens is 245 g/mol. The summed E-state index contributed by atoms with van der Waals surface area (Å²) in [5.41, 5.74) is 0.965. The molecule has 3 nitrogen and oxygen atoms in total. The third-order valence-corrected chi connectivity index (χ3v) is 3.67. The number of nitrogens with zero attached hydrogens (tertiary/aromatic N) is 1. The molecule has 2 atom stereocenters. The zero-order valence-electron chi connectivity index (χ0n) is 11.2. The summed E-state index contributed by atoms with van der Waals surface area (Å²) >= 11 is 0. The molecule has 4 heteroatoms. The van der Waals surface area contributed by atoms with Gasteiger partial charge in [-0.1, -0.05) is 19.1 Å². The molecule has 19 heavy (non-hydrogen) atoms. The first-order chi connectivity index (χ1) is 9.06. The highest BCUT2D eigenvalue weighted by Gasteiger charge is 2.23. The molecular formula is C15H20FNO2. The number of carbonyl (C=O) groups is 1. The Kier molecular flexibility index (Phi) is 4.53. The normalized spacial score (nSPS) is 21.2. The molecule has 0 saturated carbocycles. The maximum Gasteiger partial charge on any atom is 0.223 e. The van der Waals surface area contributed by atoms with Crippen molar-refractivity contribution in [3.63, 3.8) is 0 Å². The molecule has 1 aliphatic heterocycles. The topological polar surface area (TPSA) is 40.5 Å². The van der Waals surface area contributed by atoms with E-state index in [9.17, 15) is 14.3 Å². The molecule has 0 aliphatic carbocycles. The van der Waals surface area contributed by atoms with Gasteiger partial charge in [0.2, 0.25) is 5.91 Å². The smallest absolute Gasteiger partial charge is 0.223 e. The number of amides is 1. The van der Waals surface area contributed by atoms with Crippen LogP contribution in [0.3, 0.4) is 0 Å². The van der Waals surface area contributed by atoms with Gasteiger partial charge in [-0.05, 0) is 36.5 Å². The predicted octanol–water partition coefficient (Wildman–Crippen LogP) is 2.30. The molecule has 1 aliphatic rings. The number of β-amino-alcohol motifs (C(OH)–C–C–N with tert-alkyl or cyclic N) is 1. The number of hydrogen-bond donors (Lipinski definition) is 1. The Morgan fingerprint density at radius 1 is 1.47 bits per heavy atom. The van der Waals surface area contributed by atoms with Gasteiger partial charge >= 0.3 is 0 Å². The first-order valence-corrected chi connectivity index (χ1v) is 6.77. The van der Waals surface area contributed by atoms with Gasteiger partial charge in [0.05, 0.1) is 6.10 Å². The summed E-state index contributed by atoms with van der Waals surface area (Å²) < 4.78 is 12.8. The van der Waals surface area contributed by atoms with Crippen molar-refractivity contribution in [2.24, 2.45) is 0 Å². The van der Waals surface area contributed by atoms with Crippen LogP contribution in [0.4, 0.5) is 4.39 Å². The summed E-state index contributed by atoms with van der Waals surface area (Å²) in [7, 11) is 0. The van der Waals surface area contributed by atoms with Crippen molar-refractivity contribution >= 4 is 5.91 Å². The summed E-state index contributed by atoms with van der Waals surface area (Å²) in [6.07, 6.45) is 1.65. The number of piperidine rings is 1. The Morgan fingerprint density at radius 3 is 2.79 bits per heavy atom. The Bertz CT molecular complexity index is 432. The quantitative estimate of drug-likeness (QED) is 0.911. The van der Waals surface area contributed by atoms with E-state index in [0.717, 1.165) is 24.9 Å². The third kappa shape index (κ3) is 3.77. The van der Waals surface area contributed by atoms with Gasteiger partial charge in [-0.2, -0.15) is 0 Å². The highest BCUT2D eigenvalue weighted by atomic mass is 19.1. The number of aliphatic hydroxyl groups excluding tert-OH is 1. The largest absolute Gasteiger partial charge is 0.391 e. The molecule has 0 bridgehead atoms. The number of benzene rings is 1. The molecule has 1 fully saturated rings. The van der Waals surface area contributed by atoms with Crippen molar-refractivity contribution in [1.82, 2.24) is 4.90 Å². The van der Waals surface area contributed by atoms with E-state index in [0.29, 0.717) is 13.0 Å². The van der Waals surface area contributed by atoms with Gasteiger partial charge in [0.15, 0.2) is 0 Å². The molecule has 1 N–H and O–H groups in total. The average Bonchev–Trinajstić information content (AvgIpc) is 2.39. The fourth-order valence-corrected chi connectivity index (χ4v) is 2.48. The second kappa shape index (κ2) is 6.15. The summed E-state index contributed by atoms with van der Waals surface area (Å²) in [5.74, 6) is -0.135. The Balaban J connectivity index is 1.92. The van der Waals surface area contributed by atoms with Gasteiger partial charge in [0.25, 0.3) is 0 Å². The highest BCUT2D eigenvalue weighted by Crippen LogP contribution is 2.21. The maximum atomic E-state index is 12.8. The van der Waals surface area contributed by atoms with Crippen LogP contribution in [-0.4, -0.2) is 35.1 Å². The highest BCUT2D eigenvalue weighted by molar-refractivity contribution is 5.77. The Morgan fingerprint density at radius 2 is 2.16 bits per heavy atom. The Labute approximate surface area is 113 Å². The second-order valence-corrected chi connectivity index (χ2v) is 5.29. The van der Waals surface area contributed by atoms with Crippen LogP contribution in [0.2, 0.25) is 0 Å². The van der Waals surface area contributed by atoms with E-state index in [1.165, 1.54) is 12.1 Å². The van der Waals surface area contributed by atoms with Gasteiger partial charge in [0, 0.05) is 19.5 Å². The van der Waals surface area contributed by atoms with Crippen LogP contribution in [0.15, 0.2) is 24.3 Å². The molecule has 1 aromatic carbocycles. The van der Waals surface area contributed by atoms with Crippen molar-refractivity contribution < 1.29 is 14.3 Å². The van der Waals surface area contributed by atoms with Crippen molar-refractivity contribution in [2.75, 3.05) is 13.1 Å². The monoisotopic (exact) mass is 265 g/mol. The number of halogens is 1. The van der Waals surface area contributed by atoms with Crippen LogP contribution in [-0.2, 0) is 4.79 Å². The standard InChI is InChI=1S/C15H20FNO2/c1-11(12-4-6-13(16)7-5-12)9-15(19)17-8-2-3-14(18)10-17/h4-7,11,14,18H,2-3,8-10H2,1H3. The fraction of sp³-hybridized carbons (Fsp3) is 0.533. The van der Waals surface area contributed by atoms with E-state index < -0.39 is 0 Å². The fourth-order valence-electron chi connectivity index (χ4n) is 2.48. The van der Waals surface area contributed by atoms with Crippen LogP contribution in [0.25, 0.3) is 0 Å². The third-order valence-electron chi connectivity index (χ3n) is 3.67. The van der Waals surface area contributed by atoms with Crippen molar-refractivity contribution in [1.29, 1.82) is 0 Å². The molecule has 0 spiro atoms. The van der Waals surface area contributed by atoms with E-state index in [-0.39, 0.29) is 23.7 Å². The van der Waals surface area contributed by atoms with Gasteiger partial charge in [-0.15, -0.1) is 0 Å². The zero-order chi connectivity index (χ0) is 13.8. The SMILES string of the molecule is CC(CC(=O)N1CCCC(O)C1)c1ccc(F)cc1. The van der Waals surface area contributed by atoms with Crippen LogP contribution in [0.1, 0.15) is 37.7 Å². The summed E-state index contributed by atoms with van der Waals surface area (Å²) in [5, 5.41) is 9.57. The van der Waals surface area contributed by atoms with Gasteiger partial charge < -0.3 is 10.0 Å². The van der Waals surface area contributed by atoms with E-state index in [2.05, 4.69) is 0 Å². The lowest BCUT2D eigenvalue weighted by Gasteiger charge is -2.31. The lowest BCUT2D eigenvalue weighted by Crippen LogP contribution is -2.42. The number of aliphatic hydroxyl groups is 1. The molecule has 1 amide bonds. The average molecular weight is 265 g/mol. The summed E-state index contributed by atoms with van der Waals surface area (Å²) in [4.78, 5) is 13.9. The summed E-state index contributed by atoms with van der Waals surface area (Å²) in [6, 6.07) is 6.28. The van der Waals surface area contributed by atoms with Gasteiger partial charge in [-0.25, -0.2) is 4.39 Å². The first-order valence-electron chi connectivity index (χ1n) is 6.77. The molecule has 2 rings (SSSR count). The minimum atomic E-state index is -0.390. The maximum absolute atomic E-state index is 12.8. The molecule has 0 radical (unpaired) electrons. The van der Waals surface area contributed by atoms with Gasteiger partial charge in [0.1, 0.15) is 5.82 Å². The zero-order valence-corrected chi connectivity index (χ0v) is 11.2. The molecule has 104 valence electrons. The van der Waals surface area contributed by atoms with Gasteiger partial charge in [-0.3, -0.25) is 4.79 Å². The lowest BCUT2D eigenvalue weighted by atomic mass is 9.96. The number of likely N-dealkylation sites (tertiary alicyclic amines) is 1. The predicted molar refractivity (Wildman–Crippen MR) is 71.3 cm³/mol. The molecule has 0 aromatic heterocycles. The van der Waals surface area contributed by atoms with Crippen molar-refractivity contribution in [2.45, 2.75) is 38.2 Å². The molecule has 1 heterocycles. The number of hydrogen-bond acceptors (Lipinski definition) is 2. The van der Waals surface area contributed by atoms with Crippen LogP contribution < -0.4 is 0 Å². The van der Waals surface area contributed by atoms with Crippen molar-refractivity contribution in [3.8, 4) is 0 Å². The first kappa shape index (κ1) is 14.0. The van der Waals surface area contributed by atoms with Crippen molar-refractivity contribution in [3.05, 3.63) is 35.6 Å².